The number of ether oxygens (including phenoxy) is 1. The lowest BCUT2D eigenvalue weighted by Gasteiger charge is -2.19. The molecule has 0 aliphatic heterocycles. The minimum Gasteiger partial charge on any atom is -0.444 e. The van der Waals surface area contributed by atoms with Crippen molar-refractivity contribution in [3.8, 4) is 0 Å². The lowest BCUT2D eigenvalue weighted by molar-refractivity contribution is -0.121. The number of nitrogens with one attached hydrogen (secondary N) is 2. The zero-order valence-electron chi connectivity index (χ0n) is 14.3. The number of carbonyl (C=O) groups excluding carboxylic acids is 2. The highest BCUT2D eigenvalue weighted by Gasteiger charge is 2.15. The van der Waals surface area contributed by atoms with E-state index in [4.69, 9.17) is 4.74 Å². The summed E-state index contributed by atoms with van der Waals surface area (Å²) in [4.78, 5) is 22.9. The van der Waals surface area contributed by atoms with Gasteiger partial charge in [0.1, 0.15) is 5.60 Å². The molecule has 0 unspecified atom stereocenters. The molecule has 0 bridgehead atoms. The molecule has 0 aromatic rings. The minimum atomic E-state index is -0.489. The average molecular weight is 300 g/mol. The molecule has 0 heterocycles. The number of amides is 2. The zero-order chi connectivity index (χ0) is 16.3. The van der Waals surface area contributed by atoms with Gasteiger partial charge in [-0.3, -0.25) is 4.79 Å². The first kappa shape index (κ1) is 19.7. The van der Waals surface area contributed by atoms with Gasteiger partial charge in [0.15, 0.2) is 0 Å². The lowest BCUT2D eigenvalue weighted by atomic mass is 10.1. The van der Waals surface area contributed by atoms with Crippen LogP contribution in [0.3, 0.4) is 0 Å². The molecule has 5 heteroatoms. The van der Waals surface area contributed by atoms with Crippen LogP contribution in [0.25, 0.3) is 0 Å². The molecule has 124 valence electrons. The van der Waals surface area contributed by atoms with Crippen LogP contribution in [0.5, 0.6) is 0 Å². The first-order chi connectivity index (χ1) is 9.70. The zero-order valence-corrected chi connectivity index (χ0v) is 14.3. The van der Waals surface area contributed by atoms with Crippen molar-refractivity contribution in [3.05, 3.63) is 0 Å². The van der Waals surface area contributed by atoms with Gasteiger partial charge in [-0.1, -0.05) is 26.7 Å². The lowest BCUT2D eigenvalue weighted by Crippen LogP contribution is -2.33. The van der Waals surface area contributed by atoms with E-state index in [1.165, 1.54) is 6.42 Å². The molecule has 0 fully saturated rings. The van der Waals surface area contributed by atoms with Gasteiger partial charge in [0.2, 0.25) is 5.91 Å². The van der Waals surface area contributed by atoms with E-state index in [1.54, 1.807) is 0 Å². The Hall–Kier alpha value is -1.26. The molecule has 0 atom stereocenters. The van der Waals surface area contributed by atoms with Gasteiger partial charge >= 0.3 is 6.09 Å². The maximum atomic E-state index is 11.6. The predicted octanol–water partition coefficient (Wildman–Crippen LogP) is 3.23. The van der Waals surface area contributed by atoms with E-state index in [0.717, 1.165) is 25.3 Å². The Morgan fingerprint density at radius 3 is 2.19 bits per heavy atom. The number of alkyl carbamates (subject to hydrolysis) is 1. The summed E-state index contributed by atoms with van der Waals surface area (Å²) in [7, 11) is 0. The van der Waals surface area contributed by atoms with Gasteiger partial charge in [-0.25, -0.2) is 4.79 Å². The van der Waals surface area contributed by atoms with Crippen molar-refractivity contribution in [2.24, 2.45) is 5.92 Å². The van der Waals surface area contributed by atoms with E-state index in [-0.39, 0.29) is 5.91 Å². The second kappa shape index (κ2) is 10.5. The van der Waals surface area contributed by atoms with Gasteiger partial charge in [0.05, 0.1) is 0 Å². The van der Waals surface area contributed by atoms with E-state index in [9.17, 15) is 9.59 Å². The molecule has 0 aliphatic carbocycles. The molecular formula is C16H32N2O3. The Balaban J connectivity index is 3.48. The molecule has 21 heavy (non-hydrogen) atoms. The maximum Gasteiger partial charge on any atom is 0.407 e. The molecular weight excluding hydrogens is 268 g/mol. The predicted molar refractivity (Wildman–Crippen MR) is 85.2 cm³/mol. The number of hydrogen-bond acceptors (Lipinski definition) is 3. The summed E-state index contributed by atoms with van der Waals surface area (Å²) in [6.45, 7) is 11.1. The average Bonchev–Trinajstić information content (AvgIpc) is 2.31. The highest BCUT2D eigenvalue weighted by Crippen LogP contribution is 2.06. The van der Waals surface area contributed by atoms with Crippen molar-refractivity contribution in [2.45, 2.75) is 72.3 Å². The monoisotopic (exact) mass is 300 g/mol. The fourth-order valence-corrected chi connectivity index (χ4v) is 1.75. The summed E-state index contributed by atoms with van der Waals surface area (Å²) < 4.78 is 5.11. The molecule has 0 radical (unpaired) electrons. The molecule has 2 amide bonds. The third-order valence-electron chi connectivity index (χ3n) is 2.78. The normalized spacial score (nSPS) is 11.3. The second-order valence-corrected chi connectivity index (χ2v) is 6.77. The third kappa shape index (κ3) is 15.0. The number of carbonyl (C=O) groups is 2. The third-order valence-corrected chi connectivity index (χ3v) is 2.78. The second-order valence-electron chi connectivity index (χ2n) is 6.77. The molecule has 0 aliphatic rings. The van der Waals surface area contributed by atoms with Gasteiger partial charge in [-0.15, -0.1) is 0 Å². The first-order valence-electron chi connectivity index (χ1n) is 7.94. The Kier molecular flexibility index (Phi) is 9.84. The smallest absolute Gasteiger partial charge is 0.407 e. The largest absolute Gasteiger partial charge is 0.444 e. The van der Waals surface area contributed by atoms with Crippen molar-refractivity contribution in [1.29, 1.82) is 0 Å². The Morgan fingerprint density at radius 1 is 1.00 bits per heavy atom. The minimum absolute atomic E-state index is 0.0468. The molecule has 2 N–H and O–H groups in total. The van der Waals surface area contributed by atoms with Gasteiger partial charge in [0, 0.05) is 19.5 Å². The maximum absolute atomic E-state index is 11.6. The van der Waals surface area contributed by atoms with Crippen molar-refractivity contribution in [2.75, 3.05) is 13.1 Å². The van der Waals surface area contributed by atoms with Gasteiger partial charge in [0.25, 0.3) is 0 Å². The van der Waals surface area contributed by atoms with Crippen molar-refractivity contribution < 1.29 is 14.3 Å². The fraction of sp³-hybridized carbons (Fsp3) is 0.875. The molecule has 0 saturated carbocycles. The first-order valence-corrected chi connectivity index (χ1v) is 7.94. The summed E-state index contributed by atoms with van der Waals surface area (Å²) in [5, 5.41) is 5.54. The Morgan fingerprint density at radius 2 is 1.62 bits per heavy atom. The number of rotatable bonds is 9. The summed E-state index contributed by atoms with van der Waals surface area (Å²) in [5.41, 5.74) is -0.489. The number of unbranched alkanes of at least 4 members (excludes halogenated alkanes) is 1. The van der Waals surface area contributed by atoms with Crippen LogP contribution in [0.1, 0.15) is 66.7 Å². The van der Waals surface area contributed by atoms with E-state index in [1.807, 2.05) is 20.8 Å². The van der Waals surface area contributed by atoms with Crippen LogP contribution in [-0.2, 0) is 9.53 Å². The molecule has 0 spiro atoms. The molecule has 0 rings (SSSR count). The van der Waals surface area contributed by atoms with Crippen LogP contribution < -0.4 is 10.6 Å². The highest BCUT2D eigenvalue weighted by atomic mass is 16.6. The van der Waals surface area contributed by atoms with E-state index < -0.39 is 11.7 Å². The number of hydrogen-bond donors (Lipinski definition) is 2. The SMILES string of the molecule is CC(C)CCCCNC(=O)CCCNC(=O)OC(C)(C)C. The summed E-state index contributed by atoms with van der Waals surface area (Å²) >= 11 is 0. The van der Waals surface area contributed by atoms with Crippen LogP contribution >= 0.6 is 0 Å². The summed E-state index contributed by atoms with van der Waals surface area (Å²) in [5.74, 6) is 0.769. The van der Waals surface area contributed by atoms with Crippen LogP contribution in [0.2, 0.25) is 0 Å². The van der Waals surface area contributed by atoms with Crippen LogP contribution in [0.4, 0.5) is 4.79 Å². The van der Waals surface area contributed by atoms with Crippen LogP contribution in [0, 0.1) is 5.92 Å². The van der Waals surface area contributed by atoms with Crippen molar-refractivity contribution in [3.63, 3.8) is 0 Å². The standard InChI is InChI=1S/C16H32N2O3/c1-13(2)9-6-7-11-17-14(19)10-8-12-18-15(20)21-16(3,4)5/h13H,6-12H2,1-5H3,(H,17,19)(H,18,20). The summed E-state index contributed by atoms with van der Waals surface area (Å²) in [6.07, 6.45) is 4.00. The fourth-order valence-electron chi connectivity index (χ4n) is 1.75. The Labute approximate surface area is 129 Å². The Bertz CT molecular complexity index is 309. The highest BCUT2D eigenvalue weighted by molar-refractivity contribution is 5.75. The van der Waals surface area contributed by atoms with Crippen molar-refractivity contribution >= 4 is 12.0 Å². The van der Waals surface area contributed by atoms with Gasteiger partial charge in [-0.2, -0.15) is 0 Å². The van der Waals surface area contributed by atoms with Gasteiger partial charge in [-0.05, 0) is 39.5 Å². The van der Waals surface area contributed by atoms with E-state index >= 15 is 0 Å². The van der Waals surface area contributed by atoms with Gasteiger partial charge < -0.3 is 15.4 Å². The quantitative estimate of drug-likeness (QED) is 0.642. The van der Waals surface area contributed by atoms with Crippen LogP contribution in [0.15, 0.2) is 0 Å². The molecule has 5 nitrogen and oxygen atoms in total. The van der Waals surface area contributed by atoms with E-state index in [0.29, 0.717) is 19.4 Å². The van der Waals surface area contributed by atoms with Crippen molar-refractivity contribution in [1.82, 2.24) is 10.6 Å². The molecule has 0 saturated heterocycles. The van der Waals surface area contributed by atoms with E-state index in [2.05, 4.69) is 24.5 Å². The topological polar surface area (TPSA) is 67.4 Å². The molecule has 0 aromatic carbocycles. The molecule has 0 aromatic heterocycles. The summed E-state index contributed by atoms with van der Waals surface area (Å²) in [6, 6.07) is 0. The van der Waals surface area contributed by atoms with Crippen LogP contribution in [-0.4, -0.2) is 30.7 Å².